The van der Waals surface area contributed by atoms with Crippen molar-refractivity contribution in [1.82, 2.24) is 5.32 Å². The number of carboxylic acids is 2. The molecule has 2 aliphatic rings. The van der Waals surface area contributed by atoms with Crippen molar-refractivity contribution in [2.45, 2.75) is 25.8 Å². The fraction of sp³-hybridized carbons (Fsp3) is 0.348. The molecule has 4 rings (SSSR count). The molecule has 0 aliphatic carbocycles. The first kappa shape index (κ1) is 23.9. The fourth-order valence-corrected chi connectivity index (χ4v) is 3.48. The molecule has 0 aromatic heterocycles. The summed E-state index contributed by atoms with van der Waals surface area (Å²) >= 11 is 0. The summed E-state index contributed by atoms with van der Waals surface area (Å²) in [6.07, 6.45) is 3.84. The Bertz CT molecular complexity index is 961. The molecular formula is C23H27N3O7. The number of carbonyl (C=O) groups is 3. The van der Waals surface area contributed by atoms with E-state index in [0.717, 1.165) is 35.8 Å². The molecule has 2 aliphatic heterocycles. The number of fused-ring (bicyclic) bond motifs is 1. The molecule has 0 radical (unpaired) electrons. The Labute approximate surface area is 191 Å². The van der Waals surface area contributed by atoms with Crippen LogP contribution in [0.4, 0.5) is 11.4 Å². The molecule has 0 unspecified atom stereocenters. The van der Waals surface area contributed by atoms with Gasteiger partial charge in [0.05, 0.1) is 6.54 Å². The lowest BCUT2D eigenvalue weighted by Crippen LogP contribution is -2.29. The summed E-state index contributed by atoms with van der Waals surface area (Å²) in [6, 6.07) is 13.9. The number of amides is 1. The number of hydrogen-bond donors (Lipinski definition) is 4. The number of piperidine rings is 1. The summed E-state index contributed by atoms with van der Waals surface area (Å²) in [5, 5.41) is 20.9. The third-order valence-corrected chi connectivity index (χ3v) is 5.11. The average molecular weight is 457 g/mol. The van der Waals surface area contributed by atoms with Crippen LogP contribution in [0.2, 0.25) is 0 Å². The van der Waals surface area contributed by atoms with Gasteiger partial charge < -0.3 is 35.2 Å². The smallest absolute Gasteiger partial charge is 0.414 e. The van der Waals surface area contributed by atoms with Gasteiger partial charge in [-0.15, -0.1) is 0 Å². The molecule has 0 bridgehead atoms. The minimum absolute atomic E-state index is 0.0542. The fourth-order valence-electron chi connectivity index (χ4n) is 3.48. The molecule has 0 spiro atoms. The molecule has 10 nitrogen and oxygen atoms in total. The Morgan fingerprint density at radius 1 is 0.879 bits per heavy atom. The second-order valence-corrected chi connectivity index (χ2v) is 7.54. The van der Waals surface area contributed by atoms with Gasteiger partial charge in [-0.05, 0) is 61.2 Å². The highest BCUT2D eigenvalue weighted by atomic mass is 16.7. The lowest BCUT2D eigenvalue weighted by Gasteiger charge is -2.28. The monoisotopic (exact) mass is 457 g/mol. The number of ether oxygens (including phenoxy) is 2. The van der Waals surface area contributed by atoms with Crippen LogP contribution in [0.5, 0.6) is 11.5 Å². The van der Waals surface area contributed by atoms with Crippen LogP contribution in [0.3, 0.4) is 0 Å². The van der Waals surface area contributed by atoms with Crippen molar-refractivity contribution < 1.29 is 34.1 Å². The molecule has 33 heavy (non-hydrogen) atoms. The van der Waals surface area contributed by atoms with E-state index in [0.29, 0.717) is 6.54 Å². The van der Waals surface area contributed by atoms with Crippen molar-refractivity contribution in [1.29, 1.82) is 0 Å². The van der Waals surface area contributed by atoms with Gasteiger partial charge in [0.1, 0.15) is 0 Å². The number of nitrogens with one attached hydrogen (secondary N) is 2. The van der Waals surface area contributed by atoms with Crippen molar-refractivity contribution in [3.63, 3.8) is 0 Å². The van der Waals surface area contributed by atoms with Gasteiger partial charge >= 0.3 is 11.9 Å². The molecule has 2 heterocycles. The van der Waals surface area contributed by atoms with Crippen molar-refractivity contribution in [2.75, 3.05) is 36.6 Å². The maximum absolute atomic E-state index is 12.1. The first-order valence-corrected chi connectivity index (χ1v) is 10.6. The van der Waals surface area contributed by atoms with Gasteiger partial charge in [-0.1, -0.05) is 6.07 Å². The van der Waals surface area contributed by atoms with E-state index in [1.54, 1.807) is 0 Å². The Morgan fingerprint density at radius 3 is 2.21 bits per heavy atom. The zero-order valence-electron chi connectivity index (χ0n) is 18.1. The summed E-state index contributed by atoms with van der Waals surface area (Å²) < 4.78 is 10.7. The van der Waals surface area contributed by atoms with Crippen LogP contribution < -0.4 is 25.0 Å². The molecule has 1 fully saturated rings. The van der Waals surface area contributed by atoms with Crippen molar-refractivity contribution in [2.24, 2.45) is 0 Å². The largest absolute Gasteiger partial charge is 0.473 e. The summed E-state index contributed by atoms with van der Waals surface area (Å²) in [5.74, 6) is -2.18. The molecule has 0 atom stereocenters. The maximum Gasteiger partial charge on any atom is 0.414 e. The van der Waals surface area contributed by atoms with Gasteiger partial charge in [0.15, 0.2) is 11.5 Å². The number of carboxylic acid groups (broad SMARTS) is 2. The topological polar surface area (TPSA) is 137 Å². The van der Waals surface area contributed by atoms with E-state index in [1.165, 1.54) is 24.9 Å². The number of anilines is 2. The predicted molar refractivity (Wildman–Crippen MR) is 121 cm³/mol. The summed E-state index contributed by atoms with van der Waals surface area (Å²) in [6.45, 7) is 3.36. The van der Waals surface area contributed by atoms with Gasteiger partial charge in [0.2, 0.25) is 12.7 Å². The molecular weight excluding hydrogens is 430 g/mol. The Hall–Kier alpha value is -3.79. The van der Waals surface area contributed by atoms with Gasteiger partial charge in [-0.2, -0.15) is 0 Å². The van der Waals surface area contributed by atoms with Crippen LogP contribution in [0.15, 0.2) is 42.5 Å². The summed E-state index contributed by atoms with van der Waals surface area (Å²) in [5.41, 5.74) is 3.11. The quantitative estimate of drug-likeness (QED) is 0.481. The first-order valence-electron chi connectivity index (χ1n) is 10.6. The van der Waals surface area contributed by atoms with Gasteiger partial charge in [0.25, 0.3) is 0 Å². The van der Waals surface area contributed by atoms with Crippen molar-refractivity contribution in [3.05, 3.63) is 48.0 Å². The number of nitrogens with zero attached hydrogens (tertiary/aromatic N) is 1. The Kier molecular flexibility index (Phi) is 8.48. The van der Waals surface area contributed by atoms with E-state index in [1.807, 2.05) is 30.3 Å². The maximum atomic E-state index is 12.1. The average Bonchev–Trinajstić information content (AvgIpc) is 3.28. The minimum atomic E-state index is -1.82. The van der Waals surface area contributed by atoms with Gasteiger partial charge in [-0.25, -0.2) is 9.59 Å². The van der Waals surface area contributed by atoms with Crippen LogP contribution in [0.1, 0.15) is 24.8 Å². The number of rotatable bonds is 6. The number of carbonyl (C=O) groups excluding carboxylic acids is 1. The molecule has 10 heteroatoms. The van der Waals surface area contributed by atoms with Crippen LogP contribution in [0.25, 0.3) is 0 Å². The second kappa shape index (κ2) is 11.7. The summed E-state index contributed by atoms with van der Waals surface area (Å²) in [7, 11) is 0. The third-order valence-electron chi connectivity index (χ3n) is 5.11. The van der Waals surface area contributed by atoms with E-state index < -0.39 is 11.9 Å². The molecule has 1 saturated heterocycles. The van der Waals surface area contributed by atoms with Crippen LogP contribution in [-0.4, -0.2) is 54.5 Å². The van der Waals surface area contributed by atoms with Crippen LogP contribution >= 0.6 is 0 Å². The van der Waals surface area contributed by atoms with Gasteiger partial charge in [0, 0.05) is 31.0 Å². The zero-order valence-corrected chi connectivity index (χ0v) is 18.1. The van der Waals surface area contributed by atoms with E-state index in [2.05, 4.69) is 27.7 Å². The highest BCUT2D eigenvalue weighted by Crippen LogP contribution is 2.32. The SMILES string of the molecule is O=C(CNCc1ccc2c(c1)OCO2)Nc1ccc(N2CCCCC2)cc1.O=C(O)C(=O)O. The van der Waals surface area contributed by atoms with Crippen molar-refractivity contribution >= 4 is 29.2 Å². The highest BCUT2D eigenvalue weighted by molar-refractivity contribution is 6.27. The standard InChI is InChI=1S/C21H25N3O3.C2H2O4/c25-21(14-22-13-16-4-9-19-20(12-16)27-15-26-19)23-17-5-7-18(8-6-17)24-10-2-1-3-11-24;3-1(4)2(5)6/h4-9,12,22H,1-3,10-11,13-15H2,(H,23,25);(H,3,4)(H,5,6). The molecule has 176 valence electrons. The van der Waals surface area contributed by atoms with Crippen LogP contribution in [0, 0.1) is 0 Å². The van der Waals surface area contributed by atoms with Crippen molar-refractivity contribution in [3.8, 4) is 11.5 Å². The van der Waals surface area contributed by atoms with E-state index in [-0.39, 0.29) is 19.2 Å². The predicted octanol–water partition coefficient (Wildman–Crippen LogP) is 2.29. The van der Waals surface area contributed by atoms with E-state index in [4.69, 9.17) is 29.3 Å². The van der Waals surface area contributed by atoms with E-state index in [9.17, 15) is 4.79 Å². The number of benzene rings is 2. The summed E-state index contributed by atoms with van der Waals surface area (Å²) in [4.78, 5) is 32.8. The molecule has 2 aromatic carbocycles. The normalized spacial score (nSPS) is 14.1. The molecule has 4 N–H and O–H groups in total. The van der Waals surface area contributed by atoms with Gasteiger partial charge in [-0.3, -0.25) is 4.79 Å². The Morgan fingerprint density at radius 2 is 1.55 bits per heavy atom. The molecule has 2 aromatic rings. The lowest BCUT2D eigenvalue weighted by molar-refractivity contribution is -0.159. The van der Waals surface area contributed by atoms with Crippen LogP contribution in [-0.2, 0) is 20.9 Å². The highest BCUT2D eigenvalue weighted by Gasteiger charge is 2.13. The second-order valence-electron chi connectivity index (χ2n) is 7.54. The number of aliphatic carboxylic acids is 2. The zero-order chi connectivity index (χ0) is 23.6. The lowest BCUT2D eigenvalue weighted by atomic mass is 10.1. The Balaban J connectivity index is 0.000000454. The number of hydrogen-bond acceptors (Lipinski definition) is 7. The minimum Gasteiger partial charge on any atom is -0.473 e. The first-order chi connectivity index (χ1) is 15.9. The van der Waals surface area contributed by atoms with E-state index >= 15 is 0 Å². The third kappa shape index (κ3) is 7.39. The molecule has 1 amide bonds. The molecule has 0 saturated carbocycles.